The van der Waals surface area contributed by atoms with Crippen molar-refractivity contribution in [2.24, 2.45) is 10.9 Å². The van der Waals surface area contributed by atoms with Crippen LogP contribution >= 0.6 is 0 Å². The molecule has 1 heterocycles. The molecular formula is C16H25N3. The van der Waals surface area contributed by atoms with Crippen molar-refractivity contribution in [3.63, 3.8) is 0 Å². The maximum absolute atomic E-state index is 4.55. The third-order valence-corrected chi connectivity index (χ3v) is 4.24. The van der Waals surface area contributed by atoms with Crippen LogP contribution < -0.4 is 5.32 Å². The molecule has 0 atom stereocenters. The van der Waals surface area contributed by atoms with E-state index in [1.807, 2.05) is 0 Å². The summed E-state index contributed by atoms with van der Waals surface area (Å²) in [5, 5.41) is 3.19. The molecule has 0 saturated heterocycles. The molecule has 3 nitrogen and oxygen atoms in total. The molecule has 0 radical (unpaired) electrons. The molecule has 0 amide bonds. The van der Waals surface area contributed by atoms with Crippen molar-refractivity contribution in [3.05, 3.63) is 35.8 Å². The summed E-state index contributed by atoms with van der Waals surface area (Å²) in [5.74, 6) is 1.66. The van der Waals surface area contributed by atoms with E-state index >= 15 is 0 Å². The molecule has 1 aliphatic heterocycles. The Bertz CT molecular complexity index is 435. The molecule has 1 fully saturated rings. The lowest BCUT2D eigenvalue weighted by Gasteiger charge is -2.31. The van der Waals surface area contributed by atoms with E-state index in [1.165, 1.54) is 36.1 Å². The van der Waals surface area contributed by atoms with E-state index in [2.05, 4.69) is 48.8 Å². The predicted molar refractivity (Wildman–Crippen MR) is 81.8 cm³/mol. The minimum atomic E-state index is 0.702. The highest BCUT2D eigenvalue weighted by atomic mass is 15.1. The van der Waals surface area contributed by atoms with Crippen molar-refractivity contribution >= 4 is 5.84 Å². The van der Waals surface area contributed by atoms with E-state index in [4.69, 9.17) is 0 Å². The standard InChI is InChI=1S/C16H25N3/c1-5-17-16-15(12(4)19(6-2)7-3)14(11-18-16)13-9-8-10-13/h5,11,13H,1,6-10H2,2-4H3,(H,17,18)/b15-12+. The molecule has 104 valence electrons. The van der Waals surface area contributed by atoms with E-state index < -0.39 is 0 Å². The van der Waals surface area contributed by atoms with Gasteiger partial charge >= 0.3 is 0 Å². The van der Waals surface area contributed by atoms with Crippen LogP contribution in [0.15, 0.2) is 40.8 Å². The van der Waals surface area contributed by atoms with Gasteiger partial charge in [0.25, 0.3) is 0 Å². The fourth-order valence-corrected chi connectivity index (χ4v) is 2.87. The molecule has 0 spiro atoms. The quantitative estimate of drug-likeness (QED) is 0.819. The van der Waals surface area contributed by atoms with Gasteiger partial charge < -0.3 is 10.2 Å². The molecule has 1 N–H and O–H groups in total. The number of rotatable bonds is 5. The summed E-state index contributed by atoms with van der Waals surface area (Å²) < 4.78 is 0. The Balaban J connectivity index is 2.33. The van der Waals surface area contributed by atoms with Gasteiger partial charge in [-0.2, -0.15) is 0 Å². The lowest BCUT2D eigenvalue weighted by molar-refractivity contribution is 0.362. The fraction of sp³-hybridized carbons (Fsp3) is 0.562. The Morgan fingerprint density at radius 1 is 1.47 bits per heavy atom. The van der Waals surface area contributed by atoms with E-state index in [9.17, 15) is 0 Å². The number of hydrogen-bond acceptors (Lipinski definition) is 3. The van der Waals surface area contributed by atoms with Crippen LogP contribution in [-0.4, -0.2) is 23.8 Å². The van der Waals surface area contributed by atoms with Crippen LogP contribution in [0.3, 0.4) is 0 Å². The molecule has 3 heteroatoms. The van der Waals surface area contributed by atoms with Crippen LogP contribution in [0.1, 0.15) is 40.0 Å². The Hall–Kier alpha value is -1.51. The summed E-state index contributed by atoms with van der Waals surface area (Å²) in [6, 6.07) is 0. The third-order valence-electron chi connectivity index (χ3n) is 4.24. The zero-order valence-electron chi connectivity index (χ0n) is 12.4. The second-order valence-electron chi connectivity index (χ2n) is 5.17. The first-order valence-electron chi connectivity index (χ1n) is 7.34. The minimum Gasteiger partial charge on any atom is -0.375 e. The Labute approximate surface area is 116 Å². The number of hydrogen-bond donors (Lipinski definition) is 1. The van der Waals surface area contributed by atoms with E-state index in [-0.39, 0.29) is 0 Å². The number of amidine groups is 1. The molecule has 0 aromatic carbocycles. The number of allylic oxidation sites excluding steroid dienone is 1. The van der Waals surface area contributed by atoms with Gasteiger partial charge in [0, 0.05) is 30.6 Å². The zero-order valence-corrected chi connectivity index (χ0v) is 12.4. The van der Waals surface area contributed by atoms with Crippen LogP contribution in [0.25, 0.3) is 0 Å². The SMILES string of the molecule is C=CNC1=NC=C(C2CCC2)/C1=C(/C)N(CC)CC. The molecule has 2 rings (SSSR count). The normalized spacial score (nSPS) is 21.4. The summed E-state index contributed by atoms with van der Waals surface area (Å²) in [6.45, 7) is 12.4. The molecule has 0 aromatic rings. The highest BCUT2D eigenvalue weighted by Crippen LogP contribution is 2.40. The lowest BCUT2D eigenvalue weighted by Crippen LogP contribution is -2.29. The molecule has 0 unspecified atom stereocenters. The first-order valence-corrected chi connectivity index (χ1v) is 7.34. The third kappa shape index (κ3) is 2.60. The van der Waals surface area contributed by atoms with Gasteiger partial charge in [-0.15, -0.1) is 0 Å². The lowest BCUT2D eigenvalue weighted by atomic mass is 9.77. The summed E-state index contributed by atoms with van der Waals surface area (Å²) in [6.07, 6.45) is 7.73. The highest BCUT2D eigenvalue weighted by Gasteiger charge is 2.30. The van der Waals surface area contributed by atoms with E-state index in [0.29, 0.717) is 5.92 Å². The van der Waals surface area contributed by atoms with Crippen molar-refractivity contribution in [1.82, 2.24) is 10.2 Å². The molecule has 19 heavy (non-hydrogen) atoms. The van der Waals surface area contributed by atoms with Crippen LogP contribution in [-0.2, 0) is 0 Å². The van der Waals surface area contributed by atoms with Gasteiger partial charge in [-0.25, -0.2) is 4.99 Å². The first kappa shape index (κ1) is 13.9. The smallest absolute Gasteiger partial charge is 0.139 e. The van der Waals surface area contributed by atoms with E-state index in [1.54, 1.807) is 6.20 Å². The largest absolute Gasteiger partial charge is 0.375 e. The predicted octanol–water partition coefficient (Wildman–Crippen LogP) is 3.43. The zero-order chi connectivity index (χ0) is 13.8. The van der Waals surface area contributed by atoms with Gasteiger partial charge in [0.15, 0.2) is 0 Å². The Kier molecular flexibility index (Phi) is 4.46. The highest BCUT2D eigenvalue weighted by molar-refractivity contribution is 6.05. The van der Waals surface area contributed by atoms with Crippen LogP contribution in [0.2, 0.25) is 0 Å². The van der Waals surface area contributed by atoms with E-state index in [0.717, 1.165) is 18.9 Å². The molecule has 0 aromatic heterocycles. The van der Waals surface area contributed by atoms with Gasteiger partial charge in [0.2, 0.25) is 0 Å². The maximum Gasteiger partial charge on any atom is 0.139 e. The maximum atomic E-state index is 4.55. The molecule has 1 saturated carbocycles. The summed E-state index contributed by atoms with van der Waals surface area (Å²) in [7, 11) is 0. The molecular weight excluding hydrogens is 234 g/mol. The minimum absolute atomic E-state index is 0.702. The van der Waals surface area contributed by atoms with Crippen molar-refractivity contribution in [2.45, 2.75) is 40.0 Å². The number of nitrogens with one attached hydrogen (secondary N) is 1. The summed E-state index contributed by atoms with van der Waals surface area (Å²) >= 11 is 0. The second kappa shape index (κ2) is 6.09. The van der Waals surface area contributed by atoms with Crippen LogP contribution in [0, 0.1) is 5.92 Å². The Morgan fingerprint density at radius 2 is 2.16 bits per heavy atom. The first-order chi connectivity index (χ1) is 9.22. The average Bonchev–Trinajstić information content (AvgIpc) is 2.72. The van der Waals surface area contributed by atoms with Gasteiger partial charge in [-0.1, -0.05) is 13.0 Å². The molecule has 1 aliphatic carbocycles. The van der Waals surface area contributed by atoms with Crippen molar-refractivity contribution < 1.29 is 0 Å². The van der Waals surface area contributed by atoms with Gasteiger partial charge in [-0.05, 0) is 51.3 Å². The topological polar surface area (TPSA) is 27.6 Å². The van der Waals surface area contributed by atoms with Crippen LogP contribution in [0.4, 0.5) is 0 Å². The van der Waals surface area contributed by atoms with Gasteiger partial charge in [-0.3, -0.25) is 0 Å². The van der Waals surface area contributed by atoms with Crippen molar-refractivity contribution in [3.8, 4) is 0 Å². The summed E-state index contributed by atoms with van der Waals surface area (Å²) in [5.41, 5.74) is 4.04. The van der Waals surface area contributed by atoms with Crippen molar-refractivity contribution in [2.75, 3.05) is 13.1 Å². The molecule has 0 bridgehead atoms. The number of aliphatic imine (C=N–C) groups is 1. The average molecular weight is 259 g/mol. The van der Waals surface area contributed by atoms with Crippen molar-refractivity contribution in [1.29, 1.82) is 0 Å². The fourth-order valence-electron chi connectivity index (χ4n) is 2.87. The van der Waals surface area contributed by atoms with Gasteiger partial charge in [0.05, 0.1) is 0 Å². The van der Waals surface area contributed by atoms with Crippen LogP contribution in [0.5, 0.6) is 0 Å². The number of nitrogens with zero attached hydrogens (tertiary/aromatic N) is 2. The monoisotopic (exact) mass is 259 g/mol. The van der Waals surface area contributed by atoms with Gasteiger partial charge in [0.1, 0.15) is 5.84 Å². The molecule has 2 aliphatic rings. The Morgan fingerprint density at radius 3 is 2.63 bits per heavy atom. The second-order valence-corrected chi connectivity index (χ2v) is 5.17. The summed E-state index contributed by atoms with van der Waals surface area (Å²) in [4.78, 5) is 6.95.